The second-order valence-corrected chi connectivity index (χ2v) is 5.29. The van der Waals surface area contributed by atoms with E-state index in [1.165, 1.54) is 6.92 Å². The molecule has 1 amide bonds. The molecule has 6 heteroatoms. The number of esters is 1. The number of carbonyl (C=O) groups is 2. The molecule has 0 aliphatic carbocycles. The SMILES string of the molecule is C=C(C)C(=O)OC(C[CH2+])C(F)(F)C(=O)NC(C)(C)C. The van der Waals surface area contributed by atoms with E-state index >= 15 is 0 Å². The van der Waals surface area contributed by atoms with Gasteiger partial charge in [-0.25, -0.2) is 4.79 Å². The van der Waals surface area contributed by atoms with Gasteiger partial charge in [-0.05, 0) is 27.7 Å². The summed E-state index contributed by atoms with van der Waals surface area (Å²) >= 11 is 0. The number of hydrogen-bond donors (Lipinski definition) is 1. The third-order valence-corrected chi connectivity index (χ3v) is 2.06. The van der Waals surface area contributed by atoms with Gasteiger partial charge in [-0.2, -0.15) is 8.78 Å². The number of rotatable bonds is 5. The molecule has 1 atom stereocenters. The van der Waals surface area contributed by atoms with Gasteiger partial charge in [0.15, 0.2) is 0 Å². The molecule has 0 aromatic rings. The smallest absolute Gasteiger partial charge is 0.364 e. The van der Waals surface area contributed by atoms with Gasteiger partial charge in [-0.15, -0.1) is 0 Å². The Hall–Kier alpha value is -1.59. The van der Waals surface area contributed by atoms with E-state index in [9.17, 15) is 18.4 Å². The molecule has 0 aliphatic rings. The number of hydrogen-bond acceptors (Lipinski definition) is 3. The molecule has 0 rings (SSSR count). The minimum absolute atomic E-state index is 0.0227. The summed E-state index contributed by atoms with van der Waals surface area (Å²) in [6.45, 7) is 12.6. The first-order chi connectivity index (χ1) is 8.41. The molecule has 1 unspecified atom stereocenters. The van der Waals surface area contributed by atoms with Gasteiger partial charge in [-0.1, -0.05) is 6.58 Å². The zero-order chi connectivity index (χ0) is 15.4. The molecule has 4 nitrogen and oxygen atoms in total. The molecule has 0 radical (unpaired) electrons. The topological polar surface area (TPSA) is 55.4 Å². The van der Waals surface area contributed by atoms with Crippen LogP contribution < -0.4 is 5.32 Å². The van der Waals surface area contributed by atoms with Crippen LogP contribution in [0.2, 0.25) is 0 Å². The van der Waals surface area contributed by atoms with Crippen molar-refractivity contribution in [3.63, 3.8) is 0 Å². The monoisotopic (exact) mass is 276 g/mol. The Balaban J connectivity index is 4.97. The second kappa shape index (κ2) is 6.04. The lowest BCUT2D eigenvalue weighted by atomic mass is 10.1. The average molecular weight is 276 g/mol. The summed E-state index contributed by atoms with van der Waals surface area (Å²) in [6, 6.07) is 0. The van der Waals surface area contributed by atoms with Crippen LogP contribution in [0.5, 0.6) is 0 Å². The van der Waals surface area contributed by atoms with E-state index < -0.39 is 35.9 Å². The lowest BCUT2D eigenvalue weighted by molar-refractivity contribution is -0.179. The summed E-state index contributed by atoms with van der Waals surface area (Å²) < 4.78 is 32.3. The van der Waals surface area contributed by atoms with Crippen molar-refractivity contribution in [3.8, 4) is 0 Å². The van der Waals surface area contributed by atoms with Crippen LogP contribution in [0.15, 0.2) is 12.2 Å². The number of nitrogens with one attached hydrogen (secondary N) is 1. The molecule has 0 bridgehead atoms. The van der Waals surface area contributed by atoms with Crippen molar-refractivity contribution >= 4 is 11.9 Å². The number of ether oxygens (including phenoxy) is 1. The van der Waals surface area contributed by atoms with Crippen molar-refractivity contribution in [3.05, 3.63) is 19.1 Å². The molecule has 0 saturated heterocycles. The molecule has 0 fully saturated rings. The molecule has 19 heavy (non-hydrogen) atoms. The van der Waals surface area contributed by atoms with Crippen LogP contribution in [0.4, 0.5) is 8.78 Å². The van der Waals surface area contributed by atoms with Crippen LogP contribution in [0, 0.1) is 6.92 Å². The number of alkyl halides is 2. The standard InChI is InChI=1S/C13H19F2NO3/c1-7-9(19-10(17)8(2)3)13(14,15)11(18)16-12(4,5)6/h9H,1-2,7H2,3-6H3/p+1. The molecule has 1 N–H and O–H groups in total. The van der Waals surface area contributed by atoms with Gasteiger partial charge in [0.25, 0.3) is 5.91 Å². The normalized spacial score (nSPS) is 13.6. The summed E-state index contributed by atoms with van der Waals surface area (Å²) in [5, 5.41) is 2.15. The summed E-state index contributed by atoms with van der Waals surface area (Å²) in [5.41, 5.74) is -0.838. The maximum atomic E-state index is 13.9. The Morgan fingerprint density at radius 3 is 2.16 bits per heavy atom. The Morgan fingerprint density at radius 1 is 1.37 bits per heavy atom. The molecule has 0 aliphatic heterocycles. The Kier molecular flexibility index (Phi) is 5.53. The third kappa shape index (κ3) is 5.28. The van der Waals surface area contributed by atoms with E-state index in [1.54, 1.807) is 20.8 Å². The van der Waals surface area contributed by atoms with Crippen molar-refractivity contribution < 1.29 is 23.1 Å². The number of halogens is 2. The fourth-order valence-electron chi connectivity index (χ4n) is 1.11. The predicted octanol–water partition coefficient (Wildman–Crippen LogP) is 2.25. The van der Waals surface area contributed by atoms with E-state index in [0.29, 0.717) is 0 Å². The second-order valence-electron chi connectivity index (χ2n) is 5.29. The van der Waals surface area contributed by atoms with Crippen molar-refractivity contribution in [1.82, 2.24) is 5.32 Å². The van der Waals surface area contributed by atoms with E-state index in [1.807, 2.05) is 0 Å². The highest BCUT2D eigenvalue weighted by atomic mass is 19.3. The first kappa shape index (κ1) is 17.4. The molecule has 0 heterocycles. The number of carbonyl (C=O) groups excluding carboxylic acids is 2. The van der Waals surface area contributed by atoms with Crippen molar-refractivity contribution in [2.45, 2.75) is 51.7 Å². The van der Waals surface area contributed by atoms with Gasteiger partial charge in [-0.3, -0.25) is 4.79 Å². The lowest BCUT2D eigenvalue weighted by Crippen LogP contribution is -2.54. The Labute approximate surface area is 112 Å². The first-order valence-corrected chi connectivity index (χ1v) is 5.78. The molecule has 0 spiro atoms. The molecular weight excluding hydrogens is 256 g/mol. The maximum absolute atomic E-state index is 13.9. The van der Waals surface area contributed by atoms with Crippen molar-refractivity contribution in [2.75, 3.05) is 0 Å². The van der Waals surface area contributed by atoms with Gasteiger partial charge in [0.05, 0.1) is 6.92 Å². The Morgan fingerprint density at radius 2 is 1.84 bits per heavy atom. The molecule has 0 aromatic heterocycles. The highest BCUT2D eigenvalue weighted by Gasteiger charge is 2.51. The fourth-order valence-corrected chi connectivity index (χ4v) is 1.11. The maximum Gasteiger partial charge on any atom is 0.364 e. The molecular formula is C13H20F2NO3+. The zero-order valence-corrected chi connectivity index (χ0v) is 11.7. The van der Waals surface area contributed by atoms with Crippen LogP contribution >= 0.6 is 0 Å². The van der Waals surface area contributed by atoms with Crippen LogP contribution in [0.3, 0.4) is 0 Å². The van der Waals surface area contributed by atoms with Gasteiger partial charge >= 0.3 is 11.9 Å². The fraction of sp³-hybridized carbons (Fsp3) is 0.615. The predicted molar refractivity (Wildman–Crippen MR) is 67.5 cm³/mol. The van der Waals surface area contributed by atoms with Gasteiger partial charge in [0.1, 0.15) is 6.42 Å². The molecule has 108 valence electrons. The highest BCUT2D eigenvalue weighted by molar-refractivity contribution is 5.88. The first-order valence-electron chi connectivity index (χ1n) is 5.78. The summed E-state index contributed by atoms with van der Waals surface area (Å²) in [6.07, 6.45) is -2.34. The van der Waals surface area contributed by atoms with E-state index in [0.717, 1.165) is 0 Å². The van der Waals surface area contributed by atoms with Crippen LogP contribution in [0.1, 0.15) is 34.1 Å². The molecule has 0 aromatic carbocycles. The van der Waals surface area contributed by atoms with E-state index in [4.69, 9.17) is 0 Å². The quantitative estimate of drug-likeness (QED) is 0.476. The van der Waals surface area contributed by atoms with Gasteiger partial charge in [0, 0.05) is 11.1 Å². The molecule has 0 saturated carbocycles. The zero-order valence-electron chi connectivity index (χ0n) is 11.7. The Bertz CT molecular complexity index is 373. The van der Waals surface area contributed by atoms with Crippen LogP contribution in [-0.2, 0) is 14.3 Å². The van der Waals surface area contributed by atoms with Crippen LogP contribution in [0.25, 0.3) is 0 Å². The van der Waals surface area contributed by atoms with E-state index in [-0.39, 0.29) is 5.57 Å². The summed E-state index contributed by atoms with van der Waals surface area (Å²) in [4.78, 5) is 22.8. The van der Waals surface area contributed by atoms with Crippen LogP contribution in [-0.4, -0.2) is 29.4 Å². The van der Waals surface area contributed by atoms with Gasteiger partial charge in [0.2, 0.25) is 6.10 Å². The average Bonchev–Trinajstić information content (AvgIpc) is 2.22. The van der Waals surface area contributed by atoms with Crippen molar-refractivity contribution in [1.29, 1.82) is 0 Å². The number of amides is 1. The lowest BCUT2D eigenvalue weighted by Gasteiger charge is -2.27. The van der Waals surface area contributed by atoms with Gasteiger partial charge < -0.3 is 10.1 Å². The van der Waals surface area contributed by atoms with E-state index in [2.05, 4.69) is 23.6 Å². The minimum Gasteiger partial charge on any atom is -0.447 e. The van der Waals surface area contributed by atoms with Crippen molar-refractivity contribution in [2.24, 2.45) is 0 Å². The third-order valence-electron chi connectivity index (χ3n) is 2.06. The summed E-state index contributed by atoms with van der Waals surface area (Å²) in [7, 11) is 0. The highest BCUT2D eigenvalue weighted by Crippen LogP contribution is 2.25. The summed E-state index contributed by atoms with van der Waals surface area (Å²) in [5.74, 6) is -6.32. The largest absolute Gasteiger partial charge is 0.447 e. The minimum atomic E-state index is -3.85.